The van der Waals surface area contributed by atoms with Crippen LogP contribution < -0.4 is 28.7 Å². The van der Waals surface area contributed by atoms with Gasteiger partial charge < -0.3 is 37.9 Å². The van der Waals surface area contributed by atoms with Gasteiger partial charge in [0.25, 0.3) is 0 Å². The van der Waals surface area contributed by atoms with Crippen molar-refractivity contribution in [3.8, 4) is 5.75 Å². The molecule has 0 aromatic heterocycles. The fourth-order valence-electron chi connectivity index (χ4n) is 2.32. The van der Waals surface area contributed by atoms with Crippen LogP contribution in [0, 0.1) is 0 Å². The predicted molar refractivity (Wildman–Crippen MR) is 75.8 cm³/mol. The lowest BCUT2D eigenvalue weighted by molar-refractivity contribution is -0.929. The molecular formula is C14H21BrINO2. The van der Waals surface area contributed by atoms with Crippen molar-refractivity contribution < 1.29 is 37.9 Å². The number of likely N-dealkylation sites (N-methyl/N-ethyl adjacent to an activating group) is 1. The molecule has 3 nitrogen and oxygen atoms in total. The number of quaternary nitrogens is 1. The highest BCUT2D eigenvalue weighted by atomic mass is 127. The van der Waals surface area contributed by atoms with E-state index < -0.39 is 0 Å². The second kappa shape index (κ2) is 7.81. The van der Waals surface area contributed by atoms with Gasteiger partial charge in [-0.15, -0.1) is 0 Å². The molecule has 0 saturated carbocycles. The van der Waals surface area contributed by atoms with E-state index in [4.69, 9.17) is 9.47 Å². The number of nitrogens with zero attached hydrogens (tertiary/aromatic N) is 1. The Labute approximate surface area is 141 Å². The molecule has 1 aromatic carbocycles. The van der Waals surface area contributed by atoms with E-state index >= 15 is 0 Å². The van der Waals surface area contributed by atoms with Crippen LogP contribution in [-0.2, 0) is 11.3 Å². The van der Waals surface area contributed by atoms with E-state index in [-0.39, 0.29) is 24.0 Å². The molecule has 0 atom stereocenters. The number of rotatable bonds is 4. The second-order valence-corrected chi connectivity index (χ2v) is 5.94. The molecule has 1 saturated heterocycles. The summed E-state index contributed by atoms with van der Waals surface area (Å²) >= 11 is 3.54. The molecule has 0 unspecified atom stereocenters. The quantitative estimate of drug-likeness (QED) is 0.477. The van der Waals surface area contributed by atoms with Gasteiger partial charge in [-0.2, -0.15) is 0 Å². The molecule has 0 aliphatic carbocycles. The van der Waals surface area contributed by atoms with Crippen molar-refractivity contribution in [2.45, 2.75) is 13.5 Å². The third kappa shape index (κ3) is 4.88. The topological polar surface area (TPSA) is 18.5 Å². The summed E-state index contributed by atoms with van der Waals surface area (Å²) in [6, 6.07) is 6.26. The van der Waals surface area contributed by atoms with Gasteiger partial charge in [-0.3, -0.25) is 0 Å². The molecule has 0 N–H and O–H groups in total. The highest BCUT2D eigenvalue weighted by Gasteiger charge is 2.26. The van der Waals surface area contributed by atoms with Gasteiger partial charge in [0, 0.05) is 10.0 Å². The van der Waals surface area contributed by atoms with Gasteiger partial charge >= 0.3 is 0 Å². The number of halogens is 2. The van der Waals surface area contributed by atoms with E-state index in [1.165, 1.54) is 5.56 Å². The molecule has 2 rings (SSSR count). The van der Waals surface area contributed by atoms with Crippen molar-refractivity contribution in [1.82, 2.24) is 0 Å². The first-order chi connectivity index (χ1) is 8.63. The van der Waals surface area contributed by atoms with Crippen LogP contribution in [0.25, 0.3) is 0 Å². The molecule has 1 fully saturated rings. The number of hydrogen-bond donors (Lipinski definition) is 0. The van der Waals surface area contributed by atoms with Crippen molar-refractivity contribution in [1.29, 1.82) is 0 Å². The molecule has 0 radical (unpaired) electrons. The van der Waals surface area contributed by atoms with E-state index in [0.29, 0.717) is 6.61 Å². The summed E-state index contributed by atoms with van der Waals surface area (Å²) in [5.74, 6) is 1.01. The molecule has 108 valence electrons. The van der Waals surface area contributed by atoms with Gasteiger partial charge in [0.05, 0.1) is 26.9 Å². The normalized spacial score (nSPS) is 17.6. The zero-order valence-corrected chi connectivity index (χ0v) is 15.2. The molecule has 1 aliphatic heterocycles. The van der Waals surface area contributed by atoms with Crippen LogP contribution >= 0.6 is 15.9 Å². The first kappa shape index (κ1) is 17.2. The van der Waals surface area contributed by atoms with Gasteiger partial charge in [0.1, 0.15) is 25.4 Å². The molecule has 1 aromatic rings. The molecule has 1 heterocycles. The van der Waals surface area contributed by atoms with Gasteiger partial charge in [-0.25, -0.2) is 0 Å². The van der Waals surface area contributed by atoms with E-state index in [0.717, 1.165) is 47.6 Å². The van der Waals surface area contributed by atoms with Crippen molar-refractivity contribution in [3.05, 3.63) is 28.2 Å². The lowest BCUT2D eigenvalue weighted by Gasteiger charge is -2.37. The molecule has 0 spiro atoms. The first-order valence-corrected chi connectivity index (χ1v) is 7.25. The minimum absolute atomic E-state index is 0. The summed E-state index contributed by atoms with van der Waals surface area (Å²) < 4.78 is 13.3. The zero-order valence-electron chi connectivity index (χ0n) is 11.5. The highest BCUT2D eigenvalue weighted by molar-refractivity contribution is 9.10. The Morgan fingerprint density at radius 1 is 1.32 bits per heavy atom. The monoisotopic (exact) mass is 441 g/mol. The van der Waals surface area contributed by atoms with Crippen LogP contribution in [-0.4, -0.2) is 44.4 Å². The summed E-state index contributed by atoms with van der Waals surface area (Å²) in [7, 11) is 2.29. The first-order valence-electron chi connectivity index (χ1n) is 6.45. The van der Waals surface area contributed by atoms with Gasteiger partial charge in [-0.1, -0.05) is 15.9 Å². The van der Waals surface area contributed by atoms with Gasteiger partial charge in [-0.05, 0) is 25.1 Å². The maximum Gasteiger partial charge on any atom is 0.128 e. The van der Waals surface area contributed by atoms with Crippen LogP contribution in [0.5, 0.6) is 5.75 Å². The molecule has 19 heavy (non-hydrogen) atoms. The third-order valence-electron chi connectivity index (χ3n) is 3.43. The average molecular weight is 442 g/mol. The maximum absolute atomic E-state index is 5.72. The van der Waals surface area contributed by atoms with E-state index in [1.807, 2.05) is 13.0 Å². The average Bonchev–Trinajstić information content (AvgIpc) is 2.33. The van der Waals surface area contributed by atoms with Crippen LogP contribution in [0.15, 0.2) is 22.7 Å². The lowest BCUT2D eigenvalue weighted by Crippen LogP contribution is -3.00. The van der Waals surface area contributed by atoms with Crippen LogP contribution in [0.4, 0.5) is 0 Å². The summed E-state index contributed by atoms with van der Waals surface area (Å²) in [5, 5.41) is 0. The Kier molecular flexibility index (Phi) is 7.07. The molecule has 1 aliphatic rings. The standard InChI is InChI=1S/C14H21BrNO2.HI/c1-3-18-14-5-4-13(15)10-12(14)11-16(2)6-8-17-9-7-16;/h4-5,10H,3,6-9,11H2,1-2H3;1H/q+1;/p-1. The Morgan fingerprint density at radius 3 is 2.63 bits per heavy atom. The number of benzene rings is 1. The van der Waals surface area contributed by atoms with Crippen molar-refractivity contribution in [3.63, 3.8) is 0 Å². The SMILES string of the molecule is CCOc1ccc(Br)cc1C[N+]1(C)CCOCC1.[I-]. The Hall–Kier alpha value is 0.150. The molecule has 0 amide bonds. The molecular weight excluding hydrogens is 421 g/mol. The number of ether oxygens (including phenoxy) is 2. The Morgan fingerprint density at radius 2 is 2.00 bits per heavy atom. The summed E-state index contributed by atoms with van der Waals surface area (Å²) in [5.41, 5.74) is 1.27. The largest absolute Gasteiger partial charge is 1.00 e. The van der Waals surface area contributed by atoms with E-state index in [9.17, 15) is 0 Å². The lowest BCUT2D eigenvalue weighted by atomic mass is 10.1. The van der Waals surface area contributed by atoms with E-state index in [2.05, 4.69) is 35.1 Å². The van der Waals surface area contributed by atoms with Crippen LogP contribution in [0.1, 0.15) is 12.5 Å². The van der Waals surface area contributed by atoms with Crippen molar-refractivity contribution >= 4 is 15.9 Å². The molecule has 0 bridgehead atoms. The minimum Gasteiger partial charge on any atom is -1.00 e. The van der Waals surface area contributed by atoms with Crippen LogP contribution in [0.2, 0.25) is 0 Å². The minimum atomic E-state index is 0. The summed E-state index contributed by atoms with van der Waals surface area (Å²) in [6.45, 7) is 7.58. The van der Waals surface area contributed by atoms with E-state index in [1.54, 1.807) is 0 Å². The zero-order chi connectivity index (χ0) is 13.0. The Bertz CT molecular complexity index is 408. The maximum atomic E-state index is 5.72. The highest BCUT2D eigenvalue weighted by Crippen LogP contribution is 2.27. The van der Waals surface area contributed by atoms with Gasteiger partial charge in [0.2, 0.25) is 0 Å². The van der Waals surface area contributed by atoms with Crippen LogP contribution in [0.3, 0.4) is 0 Å². The number of morpholine rings is 1. The second-order valence-electron chi connectivity index (χ2n) is 5.02. The van der Waals surface area contributed by atoms with Crippen molar-refractivity contribution in [2.75, 3.05) is 40.0 Å². The Balaban J connectivity index is 0.00000180. The summed E-state index contributed by atoms with van der Waals surface area (Å²) in [6.07, 6.45) is 0. The predicted octanol–water partition coefficient (Wildman–Crippen LogP) is -0.171. The smallest absolute Gasteiger partial charge is 0.128 e. The summed E-state index contributed by atoms with van der Waals surface area (Å²) in [4.78, 5) is 0. The third-order valence-corrected chi connectivity index (χ3v) is 3.92. The van der Waals surface area contributed by atoms with Crippen molar-refractivity contribution in [2.24, 2.45) is 0 Å². The number of hydrogen-bond acceptors (Lipinski definition) is 2. The van der Waals surface area contributed by atoms with Gasteiger partial charge in [0.15, 0.2) is 0 Å². The molecule has 5 heteroatoms. The fraction of sp³-hybridized carbons (Fsp3) is 0.571. The fourth-order valence-corrected chi connectivity index (χ4v) is 2.73.